The van der Waals surface area contributed by atoms with Crippen LogP contribution in [0, 0.1) is 0 Å². The van der Waals surface area contributed by atoms with Crippen molar-refractivity contribution in [3.8, 4) is 0 Å². The van der Waals surface area contributed by atoms with E-state index in [0.717, 1.165) is 19.5 Å². The van der Waals surface area contributed by atoms with Crippen molar-refractivity contribution in [2.45, 2.75) is 38.6 Å². The number of carbonyl (C=O) groups excluding carboxylic acids is 1. The first-order valence-corrected chi connectivity index (χ1v) is 5.98. The van der Waals surface area contributed by atoms with Crippen LogP contribution < -0.4 is 11.1 Å². The zero-order valence-corrected chi connectivity index (χ0v) is 9.67. The molecule has 88 valence electrons. The van der Waals surface area contributed by atoms with Crippen LogP contribution in [0.2, 0.25) is 0 Å². The number of likely N-dealkylation sites (tertiary alicyclic amines) is 1. The number of nitrogens with two attached hydrogens (primary N) is 1. The van der Waals surface area contributed by atoms with Gasteiger partial charge in [0.1, 0.15) is 0 Å². The lowest BCUT2D eigenvalue weighted by Gasteiger charge is -2.35. The van der Waals surface area contributed by atoms with Crippen LogP contribution in [-0.4, -0.2) is 43.0 Å². The van der Waals surface area contributed by atoms with Crippen molar-refractivity contribution in [1.82, 2.24) is 10.2 Å². The minimum Gasteiger partial charge on any atom is -0.355 e. The molecule has 3 N–H and O–H groups in total. The summed E-state index contributed by atoms with van der Waals surface area (Å²) in [4.78, 5) is 13.8. The monoisotopic (exact) mass is 213 g/mol. The van der Waals surface area contributed by atoms with Crippen LogP contribution in [-0.2, 0) is 4.79 Å². The quantitative estimate of drug-likeness (QED) is 0.692. The first-order valence-electron chi connectivity index (χ1n) is 5.98. The summed E-state index contributed by atoms with van der Waals surface area (Å²) in [6.07, 6.45) is 4.69. The van der Waals surface area contributed by atoms with E-state index in [0.29, 0.717) is 19.1 Å². The summed E-state index contributed by atoms with van der Waals surface area (Å²) in [5.41, 5.74) is 5.58. The zero-order valence-electron chi connectivity index (χ0n) is 9.67. The molecule has 4 heteroatoms. The molecule has 1 amide bonds. The first kappa shape index (κ1) is 12.5. The van der Waals surface area contributed by atoms with E-state index in [1.54, 1.807) is 0 Å². The van der Waals surface area contributed by atoms with E-state index in [2.05, 4.69) is 10.2 Å². The van der Waals surface area contributed by atoms with Crippen molar-refractivity contribution in [1.29, 1.82) is 0 Å². The molecule has 1 fully saturated rings. The average Bonchev–Trinajstić information content (AvgIpc) is 2.21. The first-order chi connectivity index (χ1) is 7.27. The number of hydrogen-bond donors (Lipinski definition) is 2. The maximum Gasteiger partial charge on any atom is 0.234 e. The zero-order chi connectivity index (χ0) is 11.1. The van der Waals surface area contributed by atoms with Crippen molar-refractivity contribution in [2.24, 2.45) is 5.73 Å². The maximum atomic E-state index is 11.5. The Morgan fingerprint density at radius 3 is 3.00 bits per heavy atom. The Morgan fingerprint density at radius 2 is 2.33 bits per heavy atom. The van der Waals surface area contributed by atoms with E-state index in [-0.39, 0.29) is 5.91 Å². The molecule has 0 bridgehead atoms. The molecule has 0 aromatic heterocycles. The number of hydrogen-bond acceptors (Lipinski definition) is 3. The highest BCUT2D eigenvalue weighted by atomic mass is 16.2. The van der Waals surface area contributed by atoms with E-state index in [4.69, 9.17) is 5.73 Å². The SMILES string of the molecule is CCNC(=O)CN1CCCCC1CCN. The van der Waals surface area contributed by atoms with Crippen LogP contribution in [0.4, 0.5) is 0 Å². The predicted molar refractivity (Wildman–Crippen MR) is 61.6 cm³/mol. The Morgan fingerprint density at radius 1 is 1.53 bits per heavy atom. The van der Waals surface area contributed by atoms with Gasteiger partial charge >= 0.3 is 0 Å². The van der Waals surface area contributed by atoms with Crippen LogP contribution in [0.5, 0.6) is 0 Å². The van der Waals surface area contributed by atoms with E-state index < -0.39 is 0 Å². The van der Waals surface area contributed by atoms with E-state index in [1.807, 2.05) is 6.92 Å². The number of likely N-dealkylation sites (N-methyl/N-ethyl adjacent to an activating group) is 1. The van der Waals surface area contributed by atoms with Crippen LogP contribution in [0.1, 0.15) is 32.6 Å². The van der Waals surface area contributed by atoms with Gasteiger partial charge in [-0.15, -0.1) is 0 Å². The minimum atomic E-state index is 0.140. The second-order valence-corrected chi connectivity index (χ2v) is 4.15. The number of amides is 1. The van der Waals surface area contributed by atoms with Crippen molar-refractivity contribution < 1.29 is 4.79 Å². The van der Waals surface area contributed by atoms with Crippen LogP contribution >= 0.6 is 0 Å². The molecule has 0 aliphatic carbocycles. The largest absolute Gasteiger partial charge is 0.355 e. The van der Waals surface area contributed by atoms with Gasteiger partial charge in [-0.3, -0.25) is 9.69 Å². The second kappa shape index (κ2) is 6.80. The maximum absolute atomic E-state index is 11.5. The highest BCUT2D eigenvalue weighted by molar-refractivity contribution is 5.77. The molecule has 0 saturated carbocycles. The van der Waals surface area contributed by atoms with Gasteiger partial charge in [0.15, 0.2) is 0 Å². The third kappa shape index (κ3) is 4.18. The standard InChI is InChI=1S/C11H23N3O/c1-2-13-11(15)9-14-8-4-3-5-10(14)6-7-12/h10H,2-9,12H2,1H3,(H,13,15). The number of piperidine rings is 1. The molecule has 4 nitrogen and oxygen atoms in total. The molecule has 0 spiro atoms. The topological polar surface area (TPSA) is 58.4 Å². The summed E-state index contributed by atoms with van der Waals surface area (Å²) in [5.74, 6) is 0.140. The lowest BCUT2D eigenvalue weighted by atomic mass is 9.99. The number of rotatable bonds is 5. The molecule has 1 saturated heterocycles. The normalized spacial score (nSPS) is 22.7. The van der Waals surface area contributed by atoms with Gasteiger partial charge in [-0.25, -0.2) is 0 Å². The highest BCUT2D eigenvalue weighted by Gasteiger charge is 2.23. The molecule has 0 aromatic rings. The molecule has 0 radical (unpaired) electrons. The third-order valence-electron chi connectivity index (χ3n) is 2.97. The Labute approximate surface area is 92.2 Å². The summed E-state index contributed by atoms with van der Waals surface area (Å²) in [7, 11) is 0. The van der Waals surface area contributed by atoms with Gasteiger partial charge < -0.3 is 11.1 Å². The number of carbonyl (C=O) groups is 1. The highest BCUT2D eigenvalue weighted by Crippen LogP contribution is 2.18. The van der Waals surface area contributed by atoms with Gasteiger partial charge in [-0.1, -0.05) is 6.42 Å². The van der Waals surface area contributed by atoms with E-state index >= 15 is 0 Å². The predicted octanol–water partition coefficient (Wildman–Crippen LogP) is 0.326. The number of nitrogens with zero attached hydrogens (tertiary/aromatic N) is 1. The Kier molecular flexibility index (Phi) is 5.65. The Balaban J connectivity index is 2.38. The van der Waals surface area contributed by atoms with E-state index in [1.165, 1.54) is 19.3 Å². The Hall–Kier alpha value is -0.610. The van der Waals surface area contributed by atoms with Crippen molar-refractivity contribution in [2.75, 3.05) is 26.2 Å². The molecule has 1 rings (SSSR count). The fraction of sp³-hybridized carbons (Fsp3) is 0.909. The van der Waals surface area contributed by atoms with E-state index in [9.17, 15) is 4.79 Å². The van der Waals surface area contributed by atoms with Gasteiger partial charge in [0, 0.05) is 12.6 Å². The van der Waals surface area contributed by atoms with Gasteiger partial charge in [0.2, 0.25) is 5.91 Å². The molecule has 1 atom stereocenters. The molecule has 1 heterocycles. The molecule has 0 aromatic carbocycles. The molecular formula is C11H23N3O. The van der Waals surface area contributed by atoms with Crippen LogP contribution in [0.25, 0.3) is 0 Å². The van der Waals surface area contributed by atoms with Crippen molar-refractivity contribution in [3.63, 3.8) is 0 Å². The average molecular weight is 213 g/mol. The summed E-state index contributed by atoms with van der Waals surface area (Å²) in [6, 6.07) is 0.520. The lowest BCUT2D eigenvalue weighted by molar-refractivity contribution is -0.123. The second-order valence-electron chi connectivity index (χ2n) is 4.15. The fourth-order valence-corrected chi connectivity index (χ4v) is 2.22. The fourth-order valence-electron chi connectivity index (χ4n) is 2.22. The van der Waals surface area contributed by atoms with Gasteiger partial charge in [-0.05, 0) is 39.3 Å². The van der Waals surface area contributed by atoms with Crippen molar-refractivity contribution in [3.05, 3.63) is 0 Å². The molecule has 1 aliphatic rings. The van der Waals surface area contributed by atoms with Gasteiger partial charge in [-0.2, -0.15) is 0 Å². The summed E-state index contributed by atoms with van der Waals surface area (Å²) < 4.78 is 0. The van der Waals surface area contributed by atoms with Gasteiger partial charge in [0.05, 0.1) is 6.54 Å². The van der Waals surface area contributed by atoms with Crippen LogP contribution in [0.3, 0.4) is 0 Å². The summed E-state index contributed by atoms with van der Waals surface area (Å²) >= 11 is 0. The van der Waals surface area contributed by atoms with Gasteiger partial charge in [0.25, 0.3) is 0 Å². The Bertz CT molecular complexity index is 194. The summed E-state index contributed by atoms with van der Waals surface area (Å²) in [5, 5.41) is 2.84. The van der Waals surface area contributed by atoms with Crippen LogP contribution in [0.15, 0.2) is 0 Å². The third-order valence-corrected chi connectivity index (χ3v) is 2.97. The summed E-state index contributed by atoms with van der Waals surface area (Å²) in [6.45, 7) is 4.97. The van der Waals surface area contributed by atoms with Crippen molar-refractivity contribution >= 4 is 5.91 Å². The molecule has 15 heavy (non-hydrogen) atoms. The smallest absolute Gasteiger partial charge is 0.234 e. The molecule has 1 aliphatic heterocycles. The minimum absolute atomic E-state index is 0.140. The molecular weight excluding hydrogens is 190 g/mol. The molecule has 1 unspecified atom stereocenters. The lowest BCUT2D eigenvalue weighted by Crippen LogP contribution is -2.46. The number of nitrogens with one attached hydrogen (secondary N) is 1.